The van der Waals surface area contributed by atoms with Crippen molar-refractivity contribution in [2.45, 2.75) is 31.9 Å². The second-order valence-electron chi connectivity index (χ2n) is 5.06. The molecule has 2 N–H and O–H groups in total. The average molecular weight is 317 g/mol. The third kappa shape index (κ3) is 3.64. The van der Waals surface area contributed by atoms with E-state index in [1.165, 1.54) is 0 Å². The van der Waals surface area contributed by atoms with Gasteiger partial charge in [0.1, 0.15) is 0 Å². The van der Waals surface area contributed by atoms with Crippen LogP contribution in [0.3, 0.4) is 0 Å². The molecule has 0 saturated carbocycles. The molecule has 0 spiro atoms. The Balaban J connectivity index is 2.02. The van der Waals surface area contributed by atoms with Crippen LogP contribution in [-0.4, -0.2) is 41.1 Å². The topological polar surface area (TPSA) is 52.6 Å². The maximum atomic E-state index is 12.2. The van der Waals surface area contributed by atoms with E-state index in [1.54, 1.807) is 18.2 Å². The van der Waals surface area contributed by atoms with E-state index >= 15 is 0 Å². The molecule has 2 atom stereocenters. The summed E-state index contributed by atoms with van der Waals surface area (Å²) in [5, 5.41) is 13.2. The molecule has 6 heteroatoms. The lowest BCUT2D eigenvalue weighted by atomic mass is 10.1. The molecule has 0 bridgehead atoms. The van der Waals surface area contributed by atoms with Gasteiger partial charge in [0.15, 0.2) is 0 Å². The van der Waals surface area contributed by atoms with Gasteiger partial charge >= 0.3 is 0 Å². The molecule has 1 aromatic carbocycles. The van der Waals surface area contributed by atoms with E-state index in [1.807, 2.05) is 11.8 Å². The molecule has 2 rings (SSSR count). The van der Waals surface area contributed by atoms with Gasteiger partial charge < -0.3 is 10.4 Å². The van der Waals surface area contributed by atoms with Crippen LogP contribution in [0.5, 0.6) is 0 Å². The van der Waals surface area contributed by atoms with Gasteiger partial charge in [-0.1, -0.05) is 29.3 Å². The van der Waals surface area contributed by atoms with Crippen molar-refractivity contribution >= 4 is 34.8 Å². The third-order valence-electron chi connectivity index (χ3n) is 3.56. The van der Waals surface area contributed by atoms with Gasteiger partial charge in [-0.25, -0.2) is 0 Å². The SMILES string of the molecule is CC(C(=O)Nc1cccc(Cl)c1Cl)N1CCCC(O)C1. The van der Waals surface area contributed by atoms with Gasteiger partial charge in [-0.05, 0) is 38.4 Å². The first-order valence-electron chi connectivity index (χ1n) is 6.66. The first-order valence-corrected chi connectivity index (χ1v) is 7.41. The van der Waals surface area contributed by atoms with Gasteiger partial charge in [-0.15, -0.1) is 0 Å². The number of hydrogen-bond donors (Lipinski definition) is 2. The summed E-state index contributed by atoms with van der Waals surface area (Å²) in [5.74, 6) is -0.150. The number of β-amino-alcohol motifs (C(OH)–C–C–N with tert-alkyl or cyclic N) is 1. The maximum absolute atomic E-state index is 12.2. The Hall–Kier alpha value is -0.810. The Morgan fingerprint density at radius 3 is 2.95 bits per heavy atom. The summed E-state index contributed by atoms with van der Waals surface area (Å²) in [4.78, 5) is 14.2. The van der Waals surface area contributed by atoms with Crippen LogP contribution in [0.2, 0.25) is 10.0 Å². The van der Waals surface area contributed by atoms with Gasteiger partial charge in [0.25, 0.3) is 0 Å². The second kappa shape index (κ2) is 6.76. The van der Waals surface area contributed by atoms with Crippen LogP contribution in [0.15, 0.2) is 18.2 Å². The maximum Gasteiger partial charge on any atom is 0.241 e. The number of aliphatic hydroxyl groups is 1. The number of hydrogen-bond acceptors (Lipinski definition) is 3. The van der Waals surface area contributed by atoms with Crippen molar-refractivity contribution in [3.63, 3.8) is 0 Å². The molecule has 0 aromatic heterocycles. The number of nitrogens with one attached hydrogen (secondary N) is 1. The molecule has 0 radical (unpaired) electrons. The van der Waals surface area contributed by atoms with Crippen molar-refractivity contribution in [3.05, 3.63) is 28.2 Å². The zero-order chi connectivity index (χ0) is 14.7. The predicted molar refractivity (Wildman–Crippen MR) is 81.4 cm³/mol. The predicted octanol–water partition coefficient (Wildman–Crippen LogP) is 2.78. The van der Waals surface area contributed by atoms with E-state index in [0.717, 1.165) is 19.4 Å². The molecule has 2 unspecified atom stereocenters. The Labute approximate surface area is 128 Å². The summed E-state index contributed by atoms with van der Waals surface area (Å²) >= 11 is 12.0. The standard InChI is InChI=1S/C14H18Cl2N2O2/c1-9(18-7-3-4-10(19)8-18)14(20)17-12-6-2-5-11(15)13(12)16/h2,5-6,9-10,19H,3-4,7-8H2,1H3,(H,17,20). The van der Waals surface area contributed by atoms with E-state index < -0.39 is 0 Å². The minimum Gasteiger partial charge on any atom is -0.392 e. The Bertz CT molecular complexity index is 496. The number of anilines is 1. The largest absolute Gasteiger partial charge is 0.392 e. The Morgan fingerprint density at radius 2 is 2.25 bits per heavy atom. The molecule has 1 amide bonds. The number of nitrogens with zero attached hydrogens (tertiary/aromatic N) is 1. The van der Waals surface area contributed by atoms with Crippen molar-refractivity contribution in [3.8, 4) is 0 Å². The number of halogens is 2. The molecule has 1 saturated heterocycles. The van der Waals surface area contributed by atoms with Crippen LogP contribution in [-0.2, 0) is 4.79 Å². The smallest absolute Gasteiger partial charge is 0.241 e. The first-order chi connectivity index (χ1) is 9.49. The molecule has 1 aliphatic rings. The highest BCUT2D eigenvalue weighted by atomic mass is 35.5. The van der Waals surface area contributed by atoms with Crippen LogP contribution in [0.4, 0.5) is 5.69 Å². The zero-order valence-corrected chi connectivity index (χ0v) is 12.8. The number of carbonyl (C=O) groups is 1. The first kappa shape index (κ1) is 15.6. The number of likely N-dealkylation sites (tertiary alicyclic amines) is 1. The summed E-state index contributed by atoms with van der Waals surface area (Å²) < 4.78 is 0. The number of amides is 1. The molecule has 20 heavy (non-hydrogen) atoms. The van der Waals surface area contributed by atoms with Crippen molar-refractivity contribution in [1.29, 1.82) is 0 Å². The summed E-state index contributed by atoms with van der Waals surface area (Å²) in [7, 11) is 0. The molecule has 1 aromatic rings. The highest BCUT2D eigenvalue weighted by Crippen LogP contribution is 2.29. The summed E-state index contributed by atoms with van der Waals surface area (Å²) in [5.41, 5.74) is 0.508. The second-order valence-corrected chi connectivity index (χ2v) is 5.84. The van der Waals surface area contributed by atoms with E-state index in [2.05, 4.69) is 5.32 Å². The zero-order valence-electron chi connectivity index (χ0n) is 11.3. The van der Waals surface area contributed by atoms with Gasteiger partial charge in [0.2, 0.25) is 5.91 Å². The fourth-order valence-corrected chi connectivity index (χ4v) is 2.69. The fraction of sp³-hybridized carbons (Fsp3) is 0.500. The molecule has 110 valence electrons. The van der Waals surface area contributed by atoms with Crippen molar-refractivity contribution in [2.24, 2.45) is 0 Å². The van der Waals surface area contributed by atoms with Gasteiger partial charge in [-0.3, -0.25) is 9.69 Å². The minimum atomic E-state index is -0.353. The number of aliphatic hydroxyl groups excluding tert-OH is 1. The van der Waals surface area contributed by atoms with Crippen molar-refractivity contribution in [2.75, 3.05) is 18.4 Å². The number of rotatable bonds is 3. The van der Waals surface area contributed by atoms with Crippen LogP contribution in [0.25, 0.3) is 0 Å². The molecule has 1 fully saturated rings. The highest BCUT2D eigenvalue weighted by Gasteiger charge is 2.26. The molecule has 0 aliphatic carbocycles. The van der Waals surface area contributed by atoms with Gasteiger partial charge in [-0.2, -0.15) is 0 Å². The molecule has 4 nitrogen and oxygen atoms in total. The van der Waals surface area contributed by atoms with Crippen LogP contribution in [0.1, 0.15) is 19.8 Å². The van der Waals surface area contributed by atoms with Gasteiger partial charge in [0, 0.05) is 6.54 Å². The van der Waals surface area contributed by atoms with Crippen molar-refractivity contribution < 1.29 is 9.90 Å². The molecule has 1 aliphatic heterocycles. The average Bonchev–Trinajstić information content (AvgIpc) is 2.43. The number of carbonyl (C=O) groups excluding carboxylic acids is 1. The van der Waals surface area contributed by atoms with E-state index in [0.29, 0.717) is 22.3 Å². The lowest BCUT2D eigenvalue weighted by molar-refractivity contribution is -0.121. The lowest BCUT2D eigenvalue weighted by Gasteiger charge is -2.34. The van der Waals surface area contributed by atoms with Crippen LogP contribution in [0, 0.1) is 0 Å². The van der Waals surface area contributed by atoms with E-state index in [4.69, 9.17) is 23.2 Å². The normalized spacial score (nSPS) is 21.5. The van der Waals surface area contributed by atoms with E-state index in [9.17, 15) is 9.90 Å². The summed E-state index contributed by atoms with van der Waals surface area (Å²) in [6.45, 7) is 3.17. The quantitative estimate of drug-likeness (QED) is 0.901. The lowest BCUT2D eigenvalue weighted by Crippen LogP contribution is -2.48. The summed E-state index contributed by atoms with van der Waals surface area (Å²) in [6, 6.07) is 4.80. The molecular weight excluding hydrogens is 299 g/mol. The molecule has 1 heterocycles. The summed E-state index contributed by atoms with van der Waals surface area (Å²) in [6.07, 6.45) is 1.34. The van der Waals surface area contributed by atoms with Gasteiger partial charge in [0.05, 0.1) is 27.9 Å². The Kier molecular flexibility index (Phi) is 5.27. The Morgan fingerprint density at radius 1 is 1.50 bits per heavy atom. The van der Waals surface area contributed by atoms with Crippen LogP contribution >= 0.6 is 23.2 Å². The van der Waals surface area contributed by atoms with Crippen LogP contribution < -0.4 is 5.32 Å². The van der Waals surface area contributed by atoms with E-state index in [-0.39, 0.29) is 18.1 Å². The van der Waals surface area contributed by atoms with Crippen molar-refractivity contribution in [1.82, 2.24) is 4.90 Å². The highest BCUT2D eigenvalue weighted by molar-refractivity contribution is 6.44. The molecular formula is C14H18Cl2N2O2. The fourth-order valence-electron chi connectivity index (χ4n) is 2.34. The third-order valence-corrected chi connectivity index (χ3v) is 4.38. The monoisotopic (exact) mass is 316 g/mol. The number of benzene rings is 1. The minimum absolute atomic E-state index is 0.150. The number of piperidine rings is 1.